The van der Waals surface area contributed by atoms with E-state index >= 15 is 0 Å². The normalized spacial score (nSPS) is 17.3. The van der Waals surface area contributed by atoms with Crippen molar-refractivity contribution in [2.75, 3.05) is 7.11 Å². The van der Waals surface area contributed by atoms with Crippen LogP contribution in [0.5, 0.6) is 0 Å². The van der Waals surface area contributed by atoms with Gasteiger partial charge in [-0.2, -0.15) is 5.26 Å². The van der Waals surface area contributed by atoms with E-state index in [1.807, 2.05) is 30.3 Å². The number of rotatable bonds is 5. The predicted molar refractivity (Wildman–Crippen MR) is 131 cm³/mol. The molecule has 1 amide bonds. The summed E-state index contributed by atoms with van der Waals surface area (Å²) in [5, 5.41) is 11.2. The van der Waals surface area contributed by atoms with Crippen LogP contribution >= 0.6 is 11.6 Å². The number of fused-ring (bicyclic) bond motifs is 1. The molecule has 0 unspecified atom stereocenters. The molecule has 0 N–H and O–H groups in total. The molecule has 0 bridgehead atoms. The smallest absolute Gasteiger partial charge is 0.333 e. The molecule has 6 heteroatoms. The number of ether oxygens (including phenoxy) is 1. The summed E-state index contributed by atoms with van der Waals surface area (Å²) in [6.07, 6.45) is 3.35. The molecule has 0 saturated heterocycles. The standard InChI is InChI=1S/C28H21ClN2O3/c1-19(27(33)34-2)25(21-10-4-3-5-11-21)28(18-30)24-14-7-6-9-20(24)15-16-31(28)26(32)22-12-8-13-23(29)17-22/h3-17,25H,1H2,2H3/t25-,28-/m0/s1. The van der Waals surface area contributed by atoms with Gasteiger partial charge in [0.25, 0.3) is 5.91 Å². The zero-order valence-corrected chi connectivity index (χ0v) is 19.2. The second kappa shape index (κ2) is 9.38. The van der Waals surface area contributed by atoms with Gasteiger partial charge in [-0.3, -0.25) is 9.69 Å². The van der Waals surface area contributed by atoms with E-state index < -0.39 is 23.3 Å². The number of halogens is 1. The van der Waals surface area contributed by atoms with Crippen LogP contribution in [0.4, 0.5) is 0 Å². The van der Waals surface area contributed by atoms with Gasteiger partial charge in [0.2, 0.25) is 0 Å². The Balaban J connectivity index is 2.03. The van der Waals surface area contributed by atoms with Crippen molar-refractivity contribution in [2.24, 2.45) is 0 Å². The van der Waals surface area contributed by atoms with Crippen molar-refractivity contribution < 1.29 is 14.3 Å². The molecule has 5 nitrogen and oxygen atoms in total. The second-order valence-corrected chi connectivity index (χ2v) is 8.26. The Hall–Kier alpha value is -4.14. The van der Waals surface area contributed by atoms with Crippen LogP contribution in [0.2, 0.25) is 5.02 Å². The maximum Gasteiger partial charge on any atom is 0.333 e. The maximum atomic E-state index is 13.9. The van der Waals surface area contributed by atoms with E-state index in [4.69, 9.17) is 16.3 Å². The average Bonchev–Trinajstić information content (AvgIpc) is 2.88. The monoisotopic (exact) mass is 468 g/mol. The summed E-state index contributed by atoms with van der Waals surface area (Å²) in [6.45, 7) is 4.02. The van der Waals surface area contributed by atoms with Gasteiger partial charge in [0, 0.05) is 27.9 Å². The number of benzene rings is 3. The SMILES string of the molecule is C=C(C(=O)OC)[C@@H](c1ccccc1)[C@]1(C#N)c2ccccc2C=CN1C(=O)c1cccc(Cl)c1. The van der Waals surface area contributed by atoms with Gasteiger partial charge in [-0.1, -0.05) is 78.8 Å². The highest BCUT2D eigenvalue weighted by molar-refractivity contribution is 6.31. The third kappa shape index (κ3) is 3.79. The van der Waals surface area contributed by atoms with Crippen LogP contribution in [-0.4, -0.2) is 23.9 Å². The molecule has 3 aromatic rings. The van der Waals surface area contributed by atoms with Gasteiger partial charge in [-0.05, 0) is 35.4 Å². The number of nitrogens with zero attached hydrogens (tertiary/aromatic N) is 2. The van der Waals surface area contributed by atoms with E-state index in [0.29, 0.717) is 21.7 Å². The number of amides is 1. The van der Waals surface area contributed by atoms with Crippen molar-refractivity contribution >= 4 is 29.6 Å². The Bertz CT molecular complexity index is 1340. The highest BCUT2D eigenvalue weighted by Crippen LogP contribution is 2.49. The number of carbonyl (C=O) groups is 2. The van der Waals surface area contributed by atoms with Gasteiger partial charge < -0.3 is 4.74 Å². The lowest BCUT2D eigenvalue weighted by atomic mass is 9.68. The summed E-state index contributed by atoms with van der Waals surface area (Å²) in [6, 6.07) is 25.3. The molecule has 4 rings (SSSR count). The molecule has 168 valence electrons. The number of esters is 1. The summed E-state index contributed by atoms with van der Waals surface area (Å²) in [5.74, 6) is -2.01. The lowest BCUT2D eigenvalue weighted by molar-refractivity contribution is -0.136. The molecule has 0 radical (unpaired) electrons. The van der Waals surface area contributed by atoms with Crippen LogP contribution in [-0.2, 0) is 15.1 Å². The van der Waals surface area contributed by atoms with Crippen LogP contribution in [0.15, 0.2) is 97.2 Å². The first-order valence-electron chi connectivity index (χ1n) is 10.5. The Kier molecular flexibility index (Phi) is 6.36. The summed E-state index contributed by atoms with van der Waals surface area (Å²) < 4.78 is 4.99. The van der Waals surface area contributed by atoms with E-state index in [1.54, 1.807) is 60.8 Å². The van der Waals surface area contributed by atoms with Crippen molar-refractivity contribution in [2.45, 2.75) is 11.5 Å². The molecule has 34 heavy (non-hydrogen) atoms. The molecule has 1 aliphatic rings. The van der Waals surface area contributed by atoms with E-state index in [0.717, 1.165) is 5.56 Å². The molecule has 1 aliphatic heterocycles. The summed E-state index contributed by atoms with van der Waals surface area (Å²) in [5.41, 5.74) is 0.730. The van der Waals surface area contributed by atoms with Crippen LogP contribution in [0, 0.1) is 11.3 Å². The van der Waals surface area contributed by atoms with E-state index in [2.05, 4.69) is 12.6 Å². The fraction of sp³-hybridized carbons (Fsp3) is 0.107. The minimum Gasteiger partial charge on any atom is -0.466 e. The van der Waals surface area contributed by atoms with E-state index in [1.165, 1.54) is 12.0 Å². The van der Waals surface area contributed by atoms with Gasteiger partial charge in [-0.25, -0.2) is 4.79 Å². The lowest BCUT2D eigenvalue weighted by Crippen LogP contribution is -2.52. The van der Waals surface area contributed by atoms with E-state index in [-0.39, 0.29) is 5.57 Å². The molecule has 0 aromatic heterocycles. The Morgan fingerprint density at radius 3 is 2.44 bits per heavy atom. The Morgan fingerprint density at radius 1 is 1.06 bits per heavy atom. The van der Waals surface area contributed by atoms with E-state index in [9.17, 15) is 14.9 Å². The maximum absolute atomic E-state index is 13.9. The summed E-state index contributed by atoms with van der Waals surface area (Å²) >= 11 is 6.15. The van der Waals surface area contributed by atoms with Crippen LogP contribution < -0.4 is 0 Å². The number of hydrogen-bond donors (Lipinski definition) is 0. The Labute approximate surface area is 203 Å². The highest BCUT2D eigenvalue weighted by atomic mass is 35.5. The van der Waals surface area contributed by atoms with Crippen LogP contribution in [0.25, 0.3) is 6.08 Å². The van der Waals surface area contributed by atoms with Crippen molar-refractivity contribution in [1.82, 2.24) is 4.90 Å². The summed E-state index contributed by atoms with van der Waals surface area (Å²) in [7, 11) is 1.26. The third-order valence-electron chi connectivity index (χ3n) is 5.96. The third-order valence-corrected chi connectivity index (χ3v) is 6.20. The fourth-order valence-corrected chi connectivity index (χ4v) is 4.63. The first-order valence-corrected chi connectivity index (χ1v) is 10.9. The number of hydrogen-bond acceptors (Lipinski definition) is 4. The second-order valence-electron chi connectivity index (χ2n) is 7.83. The summed E-state index contributed by atoms with van der Waals surface area (Å²) in [4.78, 5) is 28.0. The van der Waals surface area contributed by atoms with Crippen molar-refractivity contribution in [3.63, 3.8) is 0 Å². The number of nitriles is 1. The molecule has 2 atom stereocenters. The fourth-order valence-electron chi connectivity index (χ4n) is 4.44. The molecule has 0 spiro atoms. The molecule has 0 aliphatic carbocycles. The number of carbonyl (C=O) groups excluding carboxylic acids is 2. The zero-order chi connectivity index (χ0) is 24.3. The molecular formula is C28H21ClN2O3. The Morgan fingerprint density at radius 2 is 1.76 bits per heavy atom. The number of methoxy groups -OCH3 is 1. The van der Waals surface area contributed by atoms with Crippen LogP contribution in [0.3, 0.4) is 0 Å². The van der Waals surface area contributed by atoms with Gasteiger partial charge in [0.15, 0.2) is 5.54 Å². The first kappa shape index (κ1) is 23.0. The molecule has 0 saturated carbocycles. The zero-order valence-electron chi connectivity index (χ0n) is 18.4. The molecular weight excluding hydrogens is 448 g/mol. The van der Waals surface area contributed by atoms with Gasteiger partial charge in [0.05, 0.1) is 19.1 Å². The van der Waals surface area contributed by atoms with Crippen LogP contribution in [0.1, 0.15) is 33.0 Å². The molecule has 1 heterocycles. The largest absolute Gasteiger partial charge is 0.466 e. The first-order chi connectivity index (χ1) is 16.4. The highest BCUT2D eigenvalue weighted by Gasteiger charge is 2.53. The topological polar surface area (TPSA) is 70.4 Å². The average molecular weight is 469 g/mol. The molecule has 3 aromatic carbocycles. The predicted octanol–water partition coefficient (Wildman–Crippen LogP) is 5.70. The van der Waals surface area contributed by atoms with Crippen molar-refractivity contribution in [3.8, 4) is 6.07 Å². The minimum atomic E-state index is -1.63. The molecule has 0 fully saturated rings. The van der Waals surface area contributed by atoms with Gasteiger partial charge >= 0.3 is 5.97 Å². The minimum absolute atomic E-state index is 0.0595. The van der Waals surface area contributed by atoms with Gasteiger partial charge in [0.1, 0.15) is 0 Å². The lowest BCUT2D eigenvalue weighted by Gasteiger charge is -2.45. The van der Waals surface area contributed by atoms with Crippen molar-refractivity contribution in [3.05, 3.63) is 124 Å². The quantitative estimate of drug-likeness (QED) is 0.356. The van der Waals surface area contributed by atoms with Gasteiger partial charge in [-0.15, -0.1) is 0 Å². The van der Waals surface area contributed by atoms with Crippen molar-refractivity contribution in [1.29, 1.82) is 5.26 Å².